The van der Waals surface area contributed by atoms with Crippen LogP contribution in [0.4, 0.5) is 0 Å². The van der Waals surface area contributed by atoms with E-state index in [9.17, 15) is 0 Å². The number of hydrogen-bond donors (Lipinski definition) is 0. The van der Waals surface area contributed by atoms with Crippen LogP contribution >= 0.6 is 23.4 Å². The molecule has 0 bridgehead atoms. The number of aromatic nitrogens is 3. The maximum Gasteiger partial charge on any atom is 0.187 e. The van der Waals surface area contributed by atoms with E-state index in [0.29, 0.717) is 5.15 Å². The first kappa shape index (κ1) is 10.6. The van der Waals surface area contributed by atoms with Crippen LogP contribution in [0.15, 0.2) is 11.4 Å². The number of thioether (sulfide) groups is 1. The van der Waals surface area contributed by atoms with Gasteiger partial charge < -0.3 is 0 Å². The molecule has 15 heavy (non-hydrogen) atoms. The Labute approximate surface area is 97.3 Å². The average molecular weight is 240 g/mol. The molecule has 2 aromatic heterocycles. The second-order valence-corrected chi connectivity index (χ2v) is 4.36. The summed E-state index contributed by atoms with van der Waals surface area (Å²) in [6.45, 7) is 3.93. The highest BCUT2D eigenvalue weighted by Crippen LogP contribution is 2.25. The van der Waals surface area contributed by atoms with Crippen molar-refractivity contribution >= 4 is 34.3 Å². The molecular weight excluding hydrogens is 230 g/mol. The fourth-order valence-corrected chi connectivity index (χ4v) is 1.97. The molecule has 0 atom stereocenters. The molecule has 0 aliphatic heterocycles. The summed E-state index contributed by atoms with van der Waals surface area (Å²) in [5, 5.41) is 2.05. The van der Waals surface area contributed by atoms with Gasteiger partial charge in [0.1, 0.15) is 5.15 Å². The molecule has 2 rings (SSSR count). The van der Waals surface area contributed by atoms with Crippen LogP contribution in [0.25, 0.3) is 10.9 Å². The molecule has 0 aliphatic carbocycles. The van der Waals surface area contributed by atoms with Crippen LogP contribution in [-0.2, 0) is 0 Å². The van der Waals surface area contributed by atoms with Crippen molar-refractivity contribution in [2.24, 2.45) is 0 Å². The lowest BCUT2D eigenvalue weighted by molar-refractivity contribution is 0.995. The monoisotopic (exact) mass is 239 g/mol. The van der Waals surface area contributed by atoms with Gasteiger partial charge in [-0.05, 0) is 25.7 Å². The molecule has 78 valence electrons. The van der Waals surface area contributed by atoms with Crippen LogP contribution < -0.4 is 0 Å². The third-order valence-electron chi connectivity index (χ3n) is 2.34. The third-order valence-corrected chi connectivity index (χ3v) is 3.19. The largest absolute Gasteiger partial charge is 0.240 e. The quantitative estimate of drug-likeness (QED) is 0.436. The zero-order valence-corrected chi connectivity index (χ0v) is 10.3. The Morgan fingerprint density at radius 1 is 1.27 bits per heavy atom. The van der Waals surface area contributed by atoms with Crippen molar-refractivity contribution in [2.45, 2.75) is 19.0 Å². The van der Waals surface area contributed by atoms with E-state index in [4.69, 9.17) is 11.6 Å². The molecule has 0 fully saturated rings. The molecule has 2 heterocycles. The summed E-state index contributed by atoms with van der Waals surface area (Å²) in [6.07, 6.45) is 3.68. The van der Waals surface area contributed by atoms with Crippen LogP contribution in [0, 0.1) is 13.8 Å². The van der Waals surface area contributed by atoms with Crippen LogP contribution in [0.5, 0.6) is 0 Å². The molecular formula is C10H10ClN3S. The minimum absolute atomic E-state index is 0.473. The van der Waals surface area contributed by atoms with E-state index in [-0.39, 0.29) is 0 Å². The van der Waals surface area contributed by atoms with Gasteiger partial charge >= 0.3 is 0 Å². The summed E-state index contributed by atoms with van der Waals surface area (Å²) >= 11 is 7.55. The summed E-state index contributed by atoms with van der Waals surface area (Å²) in [7, 11) is 0. The van der Waals surface area contributed by atoms with Crippen molar-refractivity contribution in [1.82, 2.24) is 15.0 Å². The summed E-state index contributed by atoms with van der Waals surface area (Å²) in [4.78, 5) is 12.9. The number of halogens is 1. The molecule has 0 saturated heterocycles. The van der Waals surface area contributed by atoms with Crippen LogP contribution in [0.2, 0.25) is 5.15 Å². The highest BCUT2D eigenvalue weighted by Gasteiger charge is 2.09. The number of nitrogens with zero attached hydrogens (tertiary/aromatic N) is 3. The fourth-order valence-electron chi connectivity index (χ4n) is 1.36. The topological polar surface area (TPSA) is 38.7 Å². The molecule has 0 unspecified atom stereocenters. The van der Waals surface area contributed by atoms with Gasteiger partial charge in [0.2, 0.25) is 0 Å². The Morgan fingerprint density at radius 2 is 2.00 bits per heavy atom. The molecule has 0 amide bonds. The lowest BCUT2D eigenvalue weighted by Gasteiger charge is -2.06. The van der Waals surface area contributed by atoms with Gasteiger partial charge in [0.05, 0.1) is 10.9 Å². The summed E-state index contributed by atoms with van der Waals surface area (Å²) < 4.78 is 0. The molecule has 0 aliphatic rings. The first-order valence-electron chi connectivity index (χ1n) is 4.47. The second-order valence-electron chi connectivity index (χ2n) is 3.23. The van der Waals surface area contributed by atoms with Crippen LogP contribution in [-0.4, -0.2) is 21.2 Å². The maximum absolute atomic E-state index is 6.03. The Bertz CT molecular complexity index is 528. The lowest BCUT2D eigenvalue weighted by atomic mass is 10.2. The van der Waals surface area contributed by atoms with E-state index in [0.717, 1.165) is 27.3 Å². The molecule has 0 saturated carbocycles. The van der Waals surface area contributed by atoms with Gasteiger partial charge in [-0.15, -0.1) is 0 Å². The second kappa shape index (κ2) is 3.94. The van der Waals surface area contributed by atoms with Gasteiger partial charge in [0.25, 0.3) is 0 Å². The molecule has 3 nitrogen and oxygen atoms in total. The predicted molar refractivity (Wildman–Crippen MR) is 63.6 cm³/mol. The normalized spacial score (nSPS) is 10.9. The highest BCUT2D eigenvalue weighted by atomic mass is 35.5. The van der Waals surface area contributed by atoms with E-state index in [1.54, 1.807) is 6.20 Å². The Kier molecular flexibility index (Phi) is 2.80. The van der Waals surface area contributed by atoms with Crippen molar-refractivity contribution in [3.05, 3.63) is 22.6 Å². The van der Waals surface area contributed by atoms with Crippen LogP contribution in [0.3, 0.4) is 0 Å². The van der Waals surface area contributed by atoms with Gasteiger partial charge in [-0.3, -0.25) is 0 Å². The Hall–Kier alpha value is -0.870. The Balaban J connectivity index is 2.85. The average Bonchev–Trinajstić information content (AvgIpc) is 2.25. The van der Waals surface area contributed by atoms with Gasteiger partial charge in [-0.25, -0.2) is 15.0 Å². The van der Waals surface area contributed by atoms with E-state index >= 15 is 0 Å². The predicted octanol–water partition coefficient (Wildman–Crippen LogP) is 3.02. The van der Waals surface area contributed by atoms with Crippen molar-refractivity contribution in [2.75, 3.05) is 6.26 Å². The van der Waals surface area contributed by atoms with Gasteiger partial charge in [0.15, 0.2) is 5.16 Å². The number of fused-ring (bicyclic) bond motifs is 1. The summed E-state index contributed by atoms with van der Waals surface area (Å²) in [5.41, 5.74) is 2.87. The first-order chi connectivity index (χ1) is 7.13. The van der Waals surface area contributed by atoms with Crippen LogP contribution in [0.1, 0.15) is 11.3 Å². The van der Waals surface area contributed by atoms with Gasteiger partial charge in [-0.1, -0.05) is 23.4 Å². The zero-order chi connectivity index (χ0) is 11.0. The summed E-state index contributed by atoms with van der Waals surface area (Å²) in [5.74, 6) is 0. The van der Waals surface area contributed by atoms with Crippen molar-refractivity contribution < 1.29 is 0 Å². The third kappa shape index (κ3) is 1.79. The zero-order valence-electron chi connectivity index (χ0n) is 8.71. The van der Waals surface area contributed by atoms with E-state index < -0.39 is 0 Å². The molecule has 0 radical (unpaired) electrons. The smallest absolute Gasteiger partial charge is 0.187 e. The highest BCUT2D eigenvalue weighted by molar-refractivity contribution is 7.98. The number of hydrogen-bond acceptors (Lipinski definition) is 4. The van der Waals surface area contributed by atoms with Gasteiger partial charge in [-0.2, -0.15) is 0 Å². The van der Waals surface area contributed by atoms with E-state index in [1.807, 2.05) is 20.1 Å². The molecule has 0 aromatic carbocycles. The molecule has 2 aromatic rings. The van der Waals surface area contributed by atoms with Crippen molar-refractivity contribution in [1.29, 1.82) is 0 Å². The number of pyridine rings is 1. The summed E-state index contributed by atoms with van der Waals surface area (Å²) in [6, 6.07) is 0. The van der Waals surface area contributed by atoms with Crippen molar-refractivity contribution in [3.8, 4) is 0 Å². The van der Waals surface area contributed by atoms with Gasteiger partial charge in [0, 0.05) is 11.9 Å². The number of aryl methyl sites for hydroxylation is 2. The minimum atomic E-state index is 0.473. The SMILES string of the molecule is CSc1ncc2c(Cl)nc(C)c(C)c2n1. The minimum Gasteiger partial charge on any atom is -0.240 e. The first-order valence-corrected chi connectivity index (χ1v) is 6.07. The standard InChI is InChI=1S/C10H10ClN3S/c1-5-6(2)13-9(11)7-4-12-10(15-3)14-8(5)7/h4H,1-3H3. The van der Waals surface area contributed by atoms with Crippen molar-refractivity contribution in [3.63, 3.8) is 0 Å². The maximum atomic E-state index is 6.03. The van der Waals surface area contributed by atoms with E-state index in [2.05, 4.69) is 15.0 Å². The molecule has 0 N–H and O–H groups in total. The molecule has 5 heteroatoms. The lowest BCUT2D eigenvalue weighted by Crippen LogP contribution is -1.95. The fraction of sp³-hybridized carbons (Fsp3) is 0.300. The van der Waals surface area contributed by atoms with E-state index in [1.165, 1.54) is 11.8 Å². The Morgan fingerprint density at radius 3 is 2.67 bits per heavy atom. The number of rotatable bonds is 1. The molecule has 0 spiro atoms.